The number of rotatable bonds is 2. The molecule has 0 unspecified atom stereocenters. The molecule has 0 saturated heterocycles. The summed E-state index contributed by atoms with van der Waals surface area (Å²) in [5.41, 5.74) is 2.13. The van der Waals surface area contributed by atoms with Gasteiger partial charge in [0.1, 0.15) is 11.2 Å². The van der Waals surface area contributed by atoms with Crippen LogP contribution >= 0.6 is 23.1 Å². The summed E-state index contributed by atoms with van der Waals surface area (Å²) >= 11 is 3.40. The van der Waals surface area contributed by atoms with E-state index in [9.17, 15) is 0 Å². The Morgan fingerprint density at radius 3 is 3.10 bits per heavy atom. The second kappa shape index (κ2) is 4.66. The highest BCUT2D eigenvalue weighted by Crippen LogP contribution is 2.39. The minimum absolute atomic E-state index is 0.130. The number of fused-ring (bicyclic) bond motifs is 5. The average Bonchev–Trinajstić information content (AvgIpc) is 2.99. The van der Waals surface area contributed by atoms with Crippen molar-refractivity contribution in [3.63, 3.8) is 0 Å². The molecule has 0 atom stereocenters. The van der Waals surface area contributed by atoms with Crippen LogP contribution in [0.2, 0.25) is 0 Å². The predicted octanol–water partition coefficient (Wildman–Crippen LogP) is 3.30. The van der Waals surface area contributed by atoms with Crippen LogP contribution in [0.4, 0.5) is 0 Å². The molecule has 1 aliphatic rings. The highest BCUT2D eigenvalue weighted by atomic mass is 32.2. The summed E-state index contributed by atoms with van der Waals surface area (Å²) in [5, 5.41) is 10.8. The number of aromatic nitrogens is 4. The van der Waals surface area contributed by atoms with Crippen molar-refractivity contribution in [2.75, 3.05) is 5.75 Å². The minimum atomic E-state index is -0.130. The quantitative estimate of drug-likeness (QED) is 0.678. The fraction of sp³-hybridized carbons (Fsp3) is 0.500. The van der Waals surface area contributed by atoms with Crippen LogP contribution in [0.25, 0.3) is 15.9 Å². The number of ether oxygens (including phenoxy) is 1. The van der Waals surface area contributed by atoms with Gasteiger partial charge in [0.15, 0.2) is 10.8 Å². The molecule has 4 heterocycles. The fourth-order valence-electron chi connectivity index (χ4n) is 2.75. The van der Waals surface area contributed by atoms with Crippen LogP contribution in [0.1, 0.15) is 31.2 Å². The highest BCUT2D eigenvalue weighted by Gasteiger charge is 2.30. The monoisotopic (exact) mass is 320 g/mol. The minimum Gasteiger partial charge on any atom is -0.370 e. The van der Waals surface area contributed by atoms with Crippen molar-refractivity contribution in [3.8, 4) is 0 Å². The number of hydrogen-bond acceptors (Lipinski definition) is 6. The maximum absolute atomic E-state index is 5.91. The normalized spacial score (nSPS) is 17.5. The van der Waals surface area contributed by atoms with E-state index in [1.54, 1.807) is 23.1 Å². The Labute approximate surface area is 130 Å². The number of hydrogen-bond donors (Lipinski definition) is 0. The molecule has 21 heavy (non-hydrogen) atoms. The van der Waals surface area contributed by atoms with E-state index in [1.807, 2.05) is 10.7 Å². The van der Waals surface area contributed by atoms with Crippen LogP contribution in [0.15, 0.2) is 11.5 Å². The molecule has 1 aliphatic heterocycles. The van der Waals surface area contributed by atoms with Gasteiger partial charge in [-0.25, -0.2) is 4.98 Å². The van der Waals surface area contributed by atoms with Gasteiger partial charge in [-0.3, -0.25) is 4.40 Å². The van der Waals surface area contributed by atoms with Gasteiger partial charge in [0.25, 0.3) is 0 Å². The molecule has 0 N–H and O–H groups in total. The molecule has 0 spiro atoms. The molecule has 0 aromatic carbocycles. The number of thiophene rings is 1. The second-order valence-electron chi connectivity index (χ2n) is 5.76. The van der Waals surface area contributed by atoms with E-state index in [2.05, 4.69) is 36.0 Å². The zero-order valence-corrected chi connectivity index (χ0v) is 13.8. The molecule has 3 aromatic heterocycles. The molecular weight excluding hydrogens is 304 g/mol. The van der Waals surface area contributed by atoms with E-state index in [0.717, 1.165) is 33.2 Å². The maximum atomic E-state index is 5.91. The Bertz CT molecular complexity index is 836. The van der Waals surface area contributed by atoms with Crippen molar-refractivity contribution in [1.82, 2.24) is 19.6 Å². The first-order valence-electron chi connectivity index (χ1n) is 7.00. The first-order chi connectivity index (χ1) is 10.1. The molecule has 110 valence electrons. The topological polar surface area (TPSA) is 52.3 Å². The van der Waals surface area contributed by atoms with E-state index in [1.165, 1.54) is 10.4 Å². The standard InChI is InChI=1S/C14H16N4OS2/c1-4-20-13-17-16-11-10-8-5-14(2,3)19-6-9(8)21-12(10)15-7-18(11)13/h7H,4-6H2,1-3H3. The van der Waals surface area contributed by atoms with Crippen molar-refractivity contribution >= 4 is 39.0 Å². The van der Waals surface area contributed by atoms with Crippen molar-refractivity contribution in [2.24, 2.45) is 0 Å². The lowest BCUT2D eigenvalue weighted by Gasteiger charge is -2.30. The van der Waals surface area contributed by atoms with Crippen molar-refractivity contribution in [3.05, 3.63) is 16.8 Å². The Balaban J connectivity index is 2.00. The third kappa shape index (κ3) is 2.06. The van der Waals surface area contributed by atoms with Crippen LogP contribution in [0.3, 0.4) is 0 Å². The summed E-state index contributed by atoms with van der Waals surface area (Å²) in [7, 11) is 0. The third-order valence-corrected chi connectivity index (χ3v) is 5.66. The molecule has 0 amide bonds. The number of nitrogens with zero attached hydrogens (tertiary/aromatic N) is 4. The van der Waals surface area contributed by atoms with Gasteiger partial charge in [0, 0.05) is 11.3 Å². The highest BCUT2D eigenvalue weighted by molar-refractivity contribution is 7.99. The first kappa shape index (κ1) is 13.5. The molecule has 5 nitrogen and oxygen atoms in total. The predicted molar refractivity (Wildman–Crippen MR) is 85.1 cm³/mol. The van der Waals surface area contributed by atoms with Gasteiger partial charge in [0.2, 0.25) is 0 Å². The summed E-state index contributed by atoms with van der Waals surface area (Å²) in [4.78, 5) is 6.92. The zero-order chi connectivity index (χ0) is 14.6. The van der Waals surface area contributed by atoms with E-state index >= 15 is 0 Å². The Morgan fingerprint density at radius 1 is 1.43 bits per heavy atom. The molecule has 7 heteroatoms. The number of thioether (sulfide) groups is 1. The van der Waals surface area contributed by atoms with Gasteiger partial charge in [-0.05, 0) is 25.2 Å². The van der Waals surface area contributed by atoms with Gasteiger partial charge in [-0.1, -0.05) is 18.7 Å². The third-order valence-electron chi connectivity index (χ3n) is 3.72. The SMILES string of the molecule is CCSc1nnc2c3c4c(sc3ncn12)COC(C)(C)C4. The van der Waals surface area contributed by atoms with Crippen LogP contribution in [0.5, 0.6) is 0 Å². The van der Waals surface area contributed by atoms with Gasteiger partial charge in [0.05, 0.1) is 17.6 Å². The van der Waals surface area contributed by atoms with Gasteiger partial charge in [-0.15, -0.1) is 21.5 Å². The molecule has 3 aromatic rings. The largest absolute Gasteiger partial charge is 0.370 e. The molecule has 0 aliphatic carbocycles. The first-order valence-corrected chi connectivity index (χ1v) is 8.80. The van der Waals surface area contributed by atoms with Crippen molar-refractivity contribution < 1.29 is 4.74 Å². The van der Waals surface area contributed by atoms with E-state index < -0.39 is 0 Å². The molecule has 0 fully saturated rings. The van der Waals surface area contributed by atoms with Gasteiger partial charge >= 0.3 is 0 Å². The summed E-state index contributed by atoms with van der Waals surface area (Å²) in [5.74, 6) is 0.974. The lowest BCUT2D eigenvalue weighted by atomic mass is 9.94. The van der Waals surface area contributed by atoms with Crippen LogP contribution < -0.4 is 0 Å². The molecule has 0 saturated carbocycles. The van der Waals surface area contributed by atoms with E-state index in [4.69, 9.17) is 4.74 Å². The molecule has 0 radical (unpaired) electrons. The maximum Gasteiger partial charge on any atom is 0.196 e. The zero-order valence-electron chi connectivity index (χ0n) is 12.2. The van der Waals surface area contributed by atoms with Crippen LogP contribution in [-0.2, 0) is 17.8 Å². The fourth-order valence-corrected chi connectivity index (χ4v) is 4.44. The Hall–Kier alpha value is -1.18. The van der Waals surface area contributed by atoms with Gasteiger partial charge in [-0.2, -0.15) is 0 Å². The average molecular weight is 320 g/mol. The van der Waals surface area contributed by atoms with Crippen LogP contribution in [0, 0.1) is 0 Å². The van der Waals surface area contributed by atoms with Gasteiger partial charge < -0.3 is 4.74 Å². The molecule has 0 bridgehead atoms. The van der Waals surface area contributed by atoms with Crippen molar-refractivity contribution in [1.29, 1.82) is 0 Å². The van der Waals surface area contributed by atoms with Crippen molar-refractivity contribution in [2.45, 2.75) is 44.6 Å². The van der Waals surface area contributed by atoms with E-state index in [0.29, 0.717) is 6.61 Å². The molecular formula is C14H16N4OS2. The van der Waals surface area contributed by atoms with E-state index in [-0.39, 0.29) is 5.60 Å². The Kier molecular flexibility index (Phi) is 2.99. The second-order valence-corrected chi connectivity index (χ2v) is 8.08. The summed E-state index contributed by atoms with van der Waals surface area (Å²) in [6.07, 6.45) is 2.73. The summed E-state index contributed by atoms with van der Waals surface area (Å²) in [6, 6.07) is 0. The van der Waals surface area contributed by atoms with Crippen LogP contribution in [-0.4, -0.2) is 30.9 Å². The summed E-state index contributed by atoms with van der Waals surface area (Å²) < 4.78 is 7.92. The lowest BCUT2D eigenvalue weighted by molar-refractivity contribution is -0.0379. The lowest BCUT2D eigenvalue weighted by Crippen LogP contribution is -2.31. The summed E-state index contributed by atoms with van der Waals surface area (Å²) in [6.45, 7) is 7.05. The molecule has 4 rings (SSSR count). The Morgan fingerprint density at radius 2 is 2.29 bits per heavy atom. The smallest absolute Gasteiger partial charge is 0.196 e.